The van der Waals surface area contributed by atoms with Crippen molar-refractivity contribution in [2.75, 3.05) is 11.9 Å². The van der Waals surface area contributed by atoms with Gasteiger partial charge in [-0.15, -0.1) is 0 Å². The summed E-state index contributed by atoms with van der Waals surface area (Å²) >= 11 is 0. The van der Waals surface area contributed by atoms with Gasteiger partial charge in [0.05, 0.1) is 5.56 Å². The van der Waals surface area contributed by atoms with Crippen LogP contribution in [-0.4, -0.2) is 24.0 Å². The molecule has 0 aliphatic carbocycles. The maximum absolute atomic E-state index is 10.9. The number of rotatable bonds is 1. The Bertz CT molecular complexity index is 466. The number of aromatic hydroxyl groups is 1. The number of carbonyl (C=O) groups is 1. The molecule has 1 atom stereocenters. The van der Waals surface area contributed by atoms with Crippen molar-refractivity contribution in [1.29, 1.82) is 0 Å². The second kappa shape index (κ2) is 3.76. The average Bonchev–Trinajstić information content (AvgIpc) is 2.25. The molecule has 1 heterocycles. The Kier molecular flexibility index (Phi) is 2.64. The maximum atomic E-state index is 10.9. The van der Waals surface area contributed by atoms with E-state index in [1.54, 1.807) is 6.07 Å². The summed E-state index contributed by atoms with van der Waals surface area (Å²) < 4.78 is 0. The van der Waals surface area contributed by atoms with Gasteiger partial charge < -0.3 is 10.0 Å². The van der Waals surface area contributed by atoms with Gasteiger partial charge in [0, 0.05) is 24.3 Å². The third kappa shape index (κ3) is 1.79. The van der Waals surface area contributed by atoms with Crippen LogP contribution in [0.3, 0.4) is 0 Å². The minimum atomic E-state index is 0.0653. The van der Waals surface area contributed by atoms with Gasteiger partial charge in [-0.25, -0.2) is 0 Å². The molecule has 0 fully saturated rings. The van der Waals surface area contributed by atoms with E-state index >= 15 is 0 Å². The molecule has 0 saturated carbocycles. The Labute approximate surface area is 102 Å². The first-order valence-corrected chi connectivity index (χ1v) is 5.92. The molecule has 1 aromatic carbocycles. The predicted molar refractivity (Wildman–Crippen MR) is 69.0 cm³/mol. The summed E-state index contributed by atoms with van der Waals surface area (Å²) in [6.45, 7) is 6.55. The van der Waals surface area contributed by atoms with Crippen LogP contribution in [0.15, 0.2) is 12.1 Å². The Hall–Kier alpha value is -1.51. The Morgan fingerprint density at radius 3 is 2.71 bits per heavy atom. The van der Waals surface area contributed by atoms with Gasteiger partial charge in [-0.05, 0) is 37.8 Å². The van der Waals surface area contributed by atoms with E-state index in [0.717, 1.165) is 17.7 Å². The van der Waals surface area contributed by atoms with Crippen LogP contribution < -0.4 is 4.90 Å². The quantitative estimate of drug-likeness (QED) is 0.758. The molecule has 0 aromatic heterocycles. The van der Waals surface area contributed by atoms with Crippen molar-refractivity contribution in [3.8, 4) is 5.75 Å². The number of phenols is 1. The largest absolute Gasteiger partial charge is 0.507 e. The first-order valence-electron chi connectivity index (χ1n) is 5.92. The van der Waals surface area contributed by atoms with Gasteiger partial charge in [0.25, 0.3) is 0 Å². The van der Waals surface area contributed by atoms with Crippen LogP contribution >= 0.6 is 0 Å². The zero-order valence-electron chi connectivity index (χ0n) is 10.8. The van der Waals surface area contributed by atoms with Gasteiger partial charge in [-0.2, -0.15) is 0 Å². The maximum Gasteiger partial charge on any atom is 0.153 e. The van der Waals surface area contributed by atoms with Crippen molar-refractivity contribution in [3.63, 3.8) is 0 Å². The van der Waals surface area contributed by atoms with Crippen LogP contribution in [0, 0.1) is 0 Å². The van der Waals surface area contributed by atoms with Crippen molar-refractivity contribution in [2.24, 2.45) is 0 Å². The number of phenolic OH excluding ortho intramolecular Hbond substituents is 1. The van der Waals surface area contributed by atoms with Gasteiger partial charge >= 0.3 is 0 Å². The average molecular weight is 233 g/mol. The van der Waals surface area contributed by atoms with Crippen molar-refractivity contribution in [2.45, 2.75) is 38.6 Å². The van der Waals surface area contributed by atoms with Gasteiger partial charge in [-0.1, -0.05) is 6.92 Å². The van der Waals surface area contributed by atoms with Gasteiger partial charge in [0.2, 0.25) is 0 Å². The predicted octanol–water partition coefficient (Wildman–Crippen LogP) is 2.93. The van der Waals surface area contributed by atoms with Crippen molar-refractivity contribution < 1.29 is 9.90 Å². The molecule has 17 heavy (non-hydrogen) atoms. The summed E-state index contributed by atoms with van der Waals surface area (Å²) in [7, 11) is 2.03. The monoisotopic (exact) mass is 233 g/mol. The molecule has 1 aliphatic heterocycles. The lowest BCUT2D eigenvalue weighted by atomic mass is 9.80. The van der Waals surface area contributed by atoms with Gasteiger partial charge in [-0.3, -0.25) is 4.79 Å². The molecule has 2 rings (SSSR count). The molecule has 0 amide bonds. The minimum absolute atomic E-state index is 0.0653. The molecule has 0 bridgehead atoms. The number of anilines is 1. The highest BCUT2D eigenvalue weighted by Crippen LogP contribution is 2.44. The van der Waals surface area contributed by atoms with Crippen molar-refractivity contribution >= 4 is 12.0 Å². The second-order valence-electron chi connectivity index (χ2n) is 5.56. The zero-order valence-corrected chi connectivity index (χ0v) is 10.8. The molecular weight excluding hydrogens is 214 g/mol. The van der Waals surface area contributed by atoms with E-state index in [1.807, 2.05) is 13.1 Å². The highest BCUT2D eigenvalue weighted by molar-refractivity contribution is 5.82. The molecule has 3 heteroatoms. The molecule has 92 valence electrons. The Morgan fingerprint density at radius 1 is 1.47 bits per heavy atom. The number of hydrogen-bond acceptors (Lipinski definition) is 3. The number of fused-ring (bicyclic) bond motifs is 1. The highest BCUT2D eigenvalue weighted by Gasteiger charge is 2.34. The summed E-state index contributed by atoms with van der Waals surface area (Å²) in [5, 5.41) is 9.78. The standard InChI is InChI=1S/C14H19NO2/c1-9-7-14(2,3)15(4)12-6-13(17)10(8-16)5-11(9)12/h5-6,8-9,17H,7H2,1-4H3/t9-/m1/s1. The zero-order chi connectivity index (χ0) is 12.8. The fraction of sp³-hybridized carbons (Fsp3) is 0.500. The number of aldehydes is 1. The summed E-state index contributed by atoms with van der Waals surface area (Å²) in [6, 6.07) is 3.52. The summed E-state index contributed by atoms with van der Waals surface area (Å²) in [6.07, 6.45) is 1.75. The lowest BCUT2D eigenvalue weighted by Gasteiger charge is -2.45. The van der Waals surface area contributed by atoms with Crippen LogP contribution in [0.4, 0.5) is 5.69 Å². The van der Waals surface area contributed by atoms with Crippen LogP contribution in [0.2, 0.25) is 0 Å². The number of hydrogen-bond donors (Lipinski definition) is 1. The third-order valence-electron chi connectivity index (χ3n) is 3.91. The number of benzene rings is 1. The van der Waals surface area contributed by atoms with E-state index in [2.05, 4.69) is 25.7 Å². The Balaban J connectivity index is 2.61. The first kappa shape index (κ1) is 12.0. The first-order chi connectivity index (χ1) is 7.86. The van der Waals surface area contributed by atoms with E-state index in [1.165, 1.54) is 0 Å². The SMILES string of the molecule is C[C@@H]1CC(C)(C)N(C)c2cc(O)c(C=O)cc21. The molecule has 0 saturated heterocycles. The van der Waals surface area contributed by atoms with Crippen molar-refractivity contribution in [3.05, 3.63) is 23.3 Å². The topological polar surface area (TPSA) is 40.5 Å². The number of nitrogens with zero attached hydrogens (tertiary/aromatic N) is 1. The molecule has 3 nitrogen and oxygen atoms in total. The number of carbonyl (C=O) groups excluding carboxylic acids is 1. The van der Waals surface area contributed by atoms with Crippen LogP contribution in [0.5, 0.6) is 5.75 Å². The van der Waals surface area contributed by atoms with E-state index in [-0.39, 0.29) is 11.3 Å². The van der Waals surface area contributed by atoms with Crippen LogP contribution in [0.25, 0.3) is 0 Å². The van der Waals surface area contributed by atoms with Crippen LogP contribution in [-0.2, 0) is 0 Å². The fourth-order valence-corrected chi connectivity index (χ4v) is 2.71. The van der Waals surface area contributed by atoms with Crippen LogP contribution in [0.1, 0.15) is 49.0 Å². The normalized spacial score (nSPS) is 22.1. The molecule has 1 aliphatic rings. The molecule has 1 N–H and O–H groups in total. The van der Waals surface area contributed by atoms with Gasteiger partial charge in [0.1, 0.15) is 5.75 Å². The summed E-state index contributed by atoms with van der Waals surface area (Å²) in [5.41, 5.74) is 2.62. The molecule has 0 spiro atoms. The minimum Gasteiger partial charge on any atom is -0.507 e. The summed E-state index contributed by atoms with van der Waals surface area (Å²) in [5.74, 6) is 0.464. The lowest BCUT2D eigenvalue weighted by Crippen LogP contribution is -2.45. The van der Waals surface area contributed by atoms with E-state index in [0.29, 0.717) is 17.8 Å². The second-order valence-corrected chi connectivity index (χ2v) is 5.56. The lowest BCUT2D eigenvalue weighted by molar-refractivity contribution is 0.112. The van der Waals surface area contributed by atoms with E-state index in [4.69, 9.17) is 0 Å². The summed E-state index contributed by atoms with van der Waals surface area (Å²) in [4.78, 5) is 13.0. The third-order valence-corrected chi connectivity index (χ3v) is 3.91. The molecular formula is C14H19NO2. The smallest absolute Gasteiger partial charge is 0.153 e. The molecule has 1 aromatic rings. The Morgan fingerprint density at radius 2 is 2.12 bits per heavy atom. The van der Waals surface area contributed by atoms with E-state index < -0.39 is 0 Å². The van der Waals surface area contributed by atoms with Gasteiger partial charge in [0.15, 0.2) is 6.29 Å². The van der Waals surface area contributed by atoms with E-state index in [9.17, 15) is 9.90 Å². The fourth-order valence-electron chi connectivity index (χ4n) is 2.71. The highest BCUT2D eigenvalue weighted by atomic mass is 16.3. The molecule has 0 radical (unpaired) electrons. The van der Waals surface area contributed by atoms with Crippen molar-refractivity contribution in [1.82, 2.24) is 0 Å². The molecule has 0 unspecified atom stereocenters.